The van der Waals surface area contributed by atoms with Crippen molar-refractivity contribution < 1.29 is 0 Å². The van der Waals surface area contributed by atoms with Crippen LogP contribution in [0.1, 0.15) is 33.3 Å². The quantitative estimate of drug-likeness (QED) is 0.852. The number of nitrogens with two attached hydrogens (primary N) is 1. The van der Waals surface area contributed by atoms with Crippen LogP contribution in [0.15, 0.2) is 16.6 Å². The Morgan fingerprint density at radius 1 is 1.12 bits per heavy atom. The van der Waals surface area contributed by atoms with E-state index in [4.69, 9.17) is 5.73 Å². The van der Waals surface area contributed by atoms with Crippen molar-refractivity contribution in [1.29, 1.82) is 0 Å². The van der Waals surface area contributed by atoms with Gasteiger partial charge in [0.2, 0.25) is 0 Å². The summed E-state index contributed by atoms with van der Waals surface area (Å²) in [5, 5.41) is 0. The van der Waals surface area contributed by atoms with E-state index in [0.29, 0.717) is 12.1 Å². The molecule has 2 N–H and O–H groups in total. The van der Waals surface area contributed by atoms with Crippen molar-refractivity contribution in [3.8, 4) is 0 Å². The number of hydrogen-bond acceptors (Lipinski definition) is 2. The summed E-state index contributed by atoms with van der Waals surface area (Å²) in [4.78, 5) is 2.33. The zero-order valence-corrected chi connectivity index (χ0v) is 12.3. The molecule has 0 radical (unpaired) electrons. The van der Waals surface area contributed by atoms with Crippen LogP contribution in [0.25, 0.3) is 0 Å². The van der Waals surface area contributed by atoms with E-state index in [1.54, 1.807) is 0 Å². The van der Waals surface area contributed by atoms with Crippen molar-refractivity contribution in [3.05, 3.63) is 22.2 Å². The van der Waals surface area contributed by atoms with Gasteiger partial charge in [-0.1, -0.05) is 0 Å². The van der Waals surface area contributed by atoms with E-state index in [2.05, 4.69) is 61.5 Å². The Hall–Kier alpha value is -0.700. The molecule has 1 aromatic rings. The molecule has 0 fully saturated rings. The first kappa shape index (κ1) is 13.4. The fraction of sp³-hybridized carbons (Fsp3) is 0.538. The topological polar surface area (TPSA) is 29.3 Å². The van der Waals surface area contributed by atoms with Crippen molar-refractivity contribution in [2.75, 3.05) is 10.6 Å². The number of hydrogen-bond donors (Lipinski definition) is 1. The van der Waals surface area contributed by atoms with Crippen molar-refractivity contribution in [2.45, 2.75) is 46.7 Å². The number of aryl methyl sites for hydroxylation is 1. The second kappa shape index (κ2) is 5.09. The lowest BCUT2D eigenvalue weighted by Gasteiger charge is -2.35. The van der Waals surface area contributed by atoms with Crippen molar-refractivity contribution >= 4 is 27.3 Å². The molecule has 0 unspecified atom stereocenters. The summed E-state index contributed by atoms with van der Waals surface area (Å²) in [5.41, 5.74) is 9.26. The molecule has 90 valence electrons. The molecule has 0 aliphatic rings. The Kier molecular flexibility index (Phi) is 4.25. The monoisotopic (exact) mass is 284 g/mol. The summed E-state index contributed by atoms with van der Waals surface area (Å²) in [6, 6.07) is 5.00. The summed E-state index contributed by atoms with van der Waals surface area (Å²) in [7, 11) is 0. The Balaban J connectivity index is 3.29. The second-order valence-corrected chi connectivity index (χ2v) is 5.63. The van der Waals surface area contributed by atoms with Crippen LogP contribution in [-0.2, 0) is 0 Å². The fourth-order valence-electron chi connectivity index (χ4n) is 2.15. The van der Waals surface area contributed by atoms with E-state index < -0.39 is 0 Å². The number of rotatable bonds is 3. The van der Waals surface area contributed by atoms with Crippen LogP contribution in [-0.4, -0.2) is 12.1 Å². The summed E-state index contributed by atoms with van der Waals surface area (Å²) in [6.07, 6.45) is 0. The summed E-state index contributed by atoms with van der Waals surface area (Å²) < 4.78 is 1.08. The van der Waals surface area contributed by atoms with Crippen molar-refractivity contribution in [2.24, 2.45) is 0 Å². The Bertz CT molecular complexity index is 341. The first-order chi connectivity index (χ1) is 7.34. The van der Waals surface area contributed by atoms with Gasteiger partial charge in [0.15, 0.2) is 0 Å². The minimum Gasteiger partial charge on any atom is -0.397 e. The average Bonchev–Trinajstić information content (AvgIpc) is 2.09. The molecule has 0 atom stereocenters. The van der Waals surface area contributed by atoms with Crippen molar-refractivity contribution in [3.63, 3.8) is 0 Å². The maximum Gasteiger partial charge on any atom is 0.0749 e. The molecule has 1 aromatic carbocycles. The highest BCUT2D eigenvalue weighted by Gasteiger charge is 2.19. The highest BCUT2D eigenvalue weighted by molar-refractivity contribution is 9.10. The summed E-state index contributed by atoms with van der Waals surface area (Å²) in [6.45, 7) is 10.8. The van der Waals surface area contributed by atoms with Gasteiger partial charge < -0.3 is 10.6 Å². The zero-order chi connectivity index (χ0) is 12.5. The molecule has 0 aliphatic heterocycles. The first-order valence-electron chi connectivity index (χ1n) is 5.68. The molecule has 0 aliphatic carbocycles. The Morgan fingerprint density at radius 3 is 2.00 bits per heavy atom. The third-order valence-electron chi connectivity index (χ3n) is 2.61. The fourth-order valence-corrected chi connectivity index (χ4v) is 2.94. The Labute approximate surface area is 107 Å². The molecular weight excluding hydrogens is 264 g/mol. The first-order valence-corrected chi connectivity index (χ1v) is 6.47. The molecule has 0 saturated heterocycles. The highest BCUT2D eigenvalue weighted by Crippen LogP contribution is 2.35. The van der Waals surface area contributed by atoms with Gasteiger partial charge in [0, 0.05) is 16.6 Å². The maximum absolute atomic E-state index is 6.13. The minimum absolute atomic E-state index is 0.432. The van der Waals surface area contributed by atoms with Gasteiger partial charge >= 0.3 is 0 Å². The number of nitrogen functional groups attached to an aromatic ring is 1. The largest absolute Gasteiger partial charge is 0.397 e. The molecule has 1 rings (SSSR count). The molecule has 2 nitrogen and oxygen atoms in total. The van der Waals surface area contributed by atoms with E-state index in [9.17, 15) is 0 Å². The van der Waals surface area contributed by atoms with Crippen LogP contribution >= 0.6 is 15.9 Å². The number of halogens is 1. The number of anilines is 2. The standard InChI is InChI=1S/C13H21BrN2/c1-8(2)16(9(3)4)13-11(14)6-10(5)7-12(13)15/h6-9H,15H2,1-5H3. The molecule has 0 amide bonds. The van der Waals surface area contributed by atoms with E-state index in [-0.39, 0.29) is 0 Å². The van der Waals surface area contributed by atoms with Crippen molar-refractivity contribution in [1.82, 2.24) is 0 Å². The molecule has 0 saturated carbocycles. The summed E-state index contributed by atoms with van der Waals surface area (Å²) >= 11 is 3.61. The van der Waals surface area contributed by atoms with E-state index in [1.807, 2.05) is 6.07 Å². The average molecular weight is 285 g/mol. The minimum atomic E-state index is 0.432. The van der Waals surface area contributed by atoms with Gasteiger partial charge in [-0.15, -0.1) is 0 Å². The highest BCUT2D eigenvalue weighted by atomic mass is 79.9. The van der Waals surface area contributed by atoms with E-state index >= 15 is 0 Å². The molecule has 0 spiro atoms. The zero-order valence-electron chi connectivity index (χ0n) is 10.7. The third kappa shape index (κ3) is 2.70. The van der Waals surface area contributed by atoms with Gasteiger partial charge in [-0.2, -0.15) is 0 Å². The SMILES string of the molecule is Cc1cc(N)c(N(C(C)C)C(C)C)c(Br)c1. The van der Waals surface area contributed by atoms with Crippen LogP contribution in [0.3, 0.4) is 0 Å². The van der Waals surface area contributed by atoms with Gasteiger partial charge in [0.25, 0.3) is 0 Å². The van der Waals surface area contributed by atoms with Gasteiger partial charge in [-0.25, -0.2) is 0 Å². The molecule has 3 heteroatoms. The van der Waals surface area contributed by atoms with Crippen LogP contribution in [0.4, 0.5) is 11.4 Å². The predicted octanol–water partition coefficient (Wildman–Crippen LogP) is 3.96. The number of benzene rings is 1. The normalized spacial score (nSPS) is 11.2. The Morgan fingerprint density at radius 2 is 1.62 bits per heavy atom. The molecular formula is C13H21BrN2. The molecule has 16 heavy (non-hydrogen) atoms. The maximum atomic E-state index is 6.13. The van der Waals surface area contributed by atoms with Crippen LogP contribution in [0, 0.1) is 6.92 Å². The van der Waals surface area contributed by atoms with E-state index in [1.165, 1.54) is 5.56 Å². The molecule has 0 aromatic heterocycles. The van der Waals surface area contributed by atoms with E-state index in [0.717, 1.165) is 15.8 Å². The lowest BCUT2D eigenvalue weighted by Crippen LogP contribution is -2.37. The lowest BCUT2D eigenvalue weighted by molar-refractivity contribution is 0.608. The third-order valence-corrected chi connectivity index (χ3v) is 3.21. The van der Waals surface area contributed by atoms with Gasteiger partial charge in [0.05, 0.1) is 11.4 Å². The van der Waals surface area contributed by atoms with Gasteiger partial charge in [-0.3, -0.25) is 0 Å². The molecule has 0 heterocycles. The van der Waals surface area contributed by atoms with Crippen LogP contribution in [0.5, 0.6) is 0 Å². The second-order valence-electron chi connectivity index (χ2n) is 4.78. The van der Waals surface area contributed by atoms with Gasteiger partial charge in [0.1, 0.15) is 0 Å². The predicted molar refractivity (Wildman–Crippen MR) is 76.0 cm³/mol. The lowest BCUT2D eigenvalue weighted by atomic mass is 10.1. The van der Waals surface area contributed by atoms with Gasteiger partial charge in [-0.05, 0) is 68.2 Å². The number of nitrogens with zero attached hydrogens (tertiary/aromatic N) is 1. The van der Waals surface area contributed by atoms with Crippen LogP contribution in [0.2, 0.25) is 0 Å². The summed E-state index contributed by atoms with van der Waals surface area (Å²) in [5.74, 6) is 0. The van der Waals surface area contributed by atoms with Crippen LogP contribution < -0.4 is 10.6 Å². The molecule has 0 bridgehead atoms. The smallest absolute Gasteiger partial charge is 0.0749 e.